The first-order chi connectivity index (χ1) is 4.95. The van der Waals surface area contributed by atoms with E-state index in [0.717, 1.165) is 6.26 Å². The number of amides is 2. The van der Waals surface area contributed by atoms with E-state index >= 15 is 0 Å². The first kappa shape index (κ1) is 10.2. The third-order valence-corrected chi connectivity index (χ3v) is 1.84. The molecule has 7 heteroatoms. The topological polar surface area (TPSA) is 101 Å². The van der Waals surface area contributed by atoms with E-state index in [1.165, 1.54) is 0 Å². The van der Waals surface area contributed by atoms with Crippen molar-refractivity contribution in [2.75, 3.05) is 18.6 Å². The van der Waals surface area contributed by atoms with E-state index in [4.69, 9.17) is 5.84 Å². The van der Waals surface area contributed by atoms with Crippen LogP contribution in [0, 0.1) is 0 Å². The van der Waals surface area contributed by atoms with Crippen molar-refractivity contribution >= 4 is 15.9 Å². The maximum Gasteiger partial charge on any atom is 0.328 e. The minimum Gasteiger partial charge on any atom is -0.336 e. The Hall–Kier alpha value is -0.820. The predicted octanol–water partition coefficient (Wildman–Crippen LogP) is -1.80. The summed E-state index contributed by atoms with van der Waals surface area (Å²) in [5, 5.41) is 2.23. The van der Waals surface area contributed by atoms with E-state index in [1.54, 1.807) is 5.43 Å². The largest absolute Gasteiger partial charge is 0.336 e. The molecule has 0 aliphatic heterocycles. The van der Waals surface area contributed by atoms with Gasteiger partial charge < -0.3 is 5.32 Å². The minimum atomic E-state index is -3.01. The van der Waals surface area contributed by atoms with Crippen LogP contribution < -0.4 is 16.6 Å². The quantitative estimate of drug-likeness (QED) is 0.272. The molecular formula is C4H11N3O3S. The van der Waals surface area contributed by atoms with Crippen LogP contribution in [0.3, 0.4) is 0 Å². The lowest BCUT2D eigenvalue weighted by Gasteiger charge is -2.01. The summed E-state index contributed by atoms with van der Waals surface area (Å²) < 4.78 is 21.0. The molecule has 0 aromatic heterocycles. The van der Waals surface area contributed by atoms with Crippen molar-refractivity contribution in [3.8, 4) is 0 Å². The lowest BCUT2D eigenvalue weighted by atomic mass is 10.7. The van der Waals surface area contributed by atoms with Crippen molar-refractivity contribution in [1.29, 1.82) is 0 Å². The van der Waals surface area contributed by atoms with Crippen LogP contribution in [0.1, 0.15) is 0 Å². The minimum absolute atomic E-state index is 0.0713. The zero-order chi connectivity index (χ0) is 8.91. The molecule has 2 amide bonds. The van der Waals surface area contributed by atoms with Crippen molar-refractivity contribution in [3.05, 3.63) is 0 Å². The summed E-state index contributed by atoms with van der Waals surface area (Å²) in [6.45, 7) is 0.0713. The molecule has 0 rings (SSSR count). The number of rotatable bonds is 3. The van der Waals surface area contributed by atoms with Crippen molar-refractivity contribution in [1.82, 2.24) is 10.7 Å². The summed E-state index contributed by atoms with van der Waals surface area (Å²) in [7, 11) is -3.01. The van der Waals surface area contributed by atoms with E-state index in [-0.39, 0.29) is 12.3 Å². The van der Waals surface area contributed by atoms with Gasteiger partial charge in [-0.3, -0.25) is 5.43 Å². The molecule has 4 N–H and O–H groups in total. The molecular weight excluding hydrogens is 170 g/mol. The van der Waals surface area contributed by atoms with Gasteiger partial charge in [0.05, 0.1) is 5.75 Å². The van der Waals surface area contributed by atoms with Crippen LogP contribution in [-0.2, 0) is 9.84 Å². The average Bonchev–Trinajstić information content (AvgIpc) is 1.85. The third-order valence-electron chi connectivity index (χ3n) is 0.890. The summed E-state index contributed by atoms with van der Waals surface area (Å²) in [5.41, 5.74) is 1.81. The Morgan fingerprint density at radius 2 is 2.09 bits per heavy atom. The summed E-state index contributed by atoms with van der Waals surface area (Å²) in [4.78, 5) is 10.4. The van der Waals surface area contributed by atoms with Crippen LogP contribution >= 0.6 is 0 Å². The van der Waals surface area contributed by atoms with Gasteiger partial charge in [-0.1, -0.05) is 0 Å². The number of carbonyl (C=O) groups excluding carboxylic acids is 1. The molecule has 0 radical (unpaired) electrons. The molecule has 11 heavy (non-hydrogen) atoms. The number of nitrogens with one attached hydrogen (secondary N) is 2. The first-order valence-corrected chi connectivity index (χ1v) is 4.94. The van der Waals surface area contributed by atoms with Crippen LogP contribution in [0.2, 0.25) is 0 Å². The number of hydrazine groups is 1. The van der Waals surface area contributed by atoms with Crippen LogP contribution in [0.4, 0.5) is 4.79 Å². The number of sulfone groups is 1. The number of hydrogen-bond acceptors (Lipinski definition) is 4. The lowest BCUT2D eigenvalue weighted by molar-refractivity contribution is 0.242. The van der Waals surface area contributed by atoms with E-state index in [1.807, 2.05) is 0 Å². The van der Waals surface area contributed by atoms with Crippen molar-refractivity contribution < 1.29 is 13.2 Å². The van der Waals surface area contributed by atoms with Gasteiger partial charge in [0.1, 0.15) is 9.84 Å². The summed E-state index contributed by atoms with van der Waals surface area (Å²) in [5.74, 6) is 4.63. The summed E-state index contributed by atoms with van der Waals surface area (Å²) >= 11 is 0. The molecule has 0 bridgehead atoms. The molecule has 0 aliphatic rings. The molecule has 66 valence electrons. The normalized spacial score (nSPS) is 10.7. The highest BCUT2D eigenvalue weighted by atomic mass is 32.2. The first-order valence-electron chi connectivity index (χ1n) is 2.88. The Bertz CT molecular complexity index is 223. The van der Waals surface area contributed by atoms with Gasteiger partial charge in [-0.15, -0.1) is 0 Å². The number of nitrogens with two attached hydrogens (primary N) is 1. The van der Waals surface area contributed by atoms with Gasteiger partial charge >= 0.3 is 6.03 Å². The predicted molar refractivity (Wildman–Crippen MR) is 40.4 cm³/mol. The fraction of sp³-hybridized carbons (Fsp3) is 0.750. The third kappa shape index (κ3) is 7.07. The Morgan fingerprint density at radius 1 is 1.55 bits per heavy atom. The smallest absolute Gasteiger partial charge is 0.328 e. The number of urea groups is 1. The Morgan fingerprint density at radius 3 is 2.45 bits per heavy atom. The van der Waals surface area contributed by atoms with Crippen molar-refractivity contribution in [2.45, 2.75) is 0 Å². The fourth-order valence-electron chi connectivity index (χ4n) is 0.401. The van der Waals surface area contributed by atoms with Crippen LogP contribution in [0.25, 0.3) is 0 Å². The molecule has 0 heterocycles. The highest BCUT2D eigenvalue weighted by Gasteiger charge is 2.02. The number of carbonyl (C=O) groups is 1. The van der Waals surface area contributed by atoms with Crippen LogP contribution in [0.15, 0.2) is 0 Å². The second kappa shape index (κ2) is 4.14. The summed E-state index contributed by atoms with van der Waals surface area (Å²) in [6, 6.07) is -0.589. The zero-order valence-corrected chi connectivity index (χ0v) is 6.94. The maximum absolute atomic E-state index is 10.5. The van der Waals surface area contributed by atoms with E-state index in [2.05, 4.69) is 5.32 Å². The molecule has 0 saturated heterocycles. The molecule has 0 spiro atoms. The monoisotopic (exact) mass is 181 g/mol. The van der Waals surface area contributed by atoms with Crippen LogP contribution in [0.5, 0.6) is 0 Å². The maximum atomic E-state index is 10.5. The molecule has 0 atom stereocenters. The van der Waals surface area contributed by atoms with Gasteiger partial charge in [-0.2, -0.15) is 0 Å². The van der Waals surface area contributed by atoms with Gasteiger partial charge in [0.25, 0.3) is 0 Å². The molecule has 0 aromatic rings. The van der Waals surface area contributed by atoms with Gasteiger partial charge in [0.15, 0.2) is 0 Å². The Labute approximate surface area is 65.0 Å². The van der Waals surface area contributed by atoms with Gasteiger partial charge in [0, 0.05) is 12.8 Å². The van der Waals surface area contributed by atoms with E-state index in [9.17, 15) is 13.2 Å². The van der Waals surface area contributed by atoms with Gasteiger partial charge in [-0.05, 0) is 0 Å². The van der Waals surface area contributed by atoms with Crippen LogP contribution in [-0.4, -0.2) is 33.0 Å². The van der Waals surface area contributed by atoms with E-state index in [0.29, 0.717) is 0 Å². The fourth-order valence-corrected chi connectivity index (χ4v) is 0.874. The Balaban J connectivity index is 3.51. The molecule has 6 nitrogen and oxygen atoms in total. The lowest BCUT2D eigenvalue weighted by Crippen LogP contribution is -2.41. The molecule has 0 aromatic carbocycles. The molecule has 0 aliphatic carbocycles. The van der Waals surface area contributed by atoms with Crippen molar-refractivity contribution in [3.63, 3.8) is 0 Å². The van der Waals surface area contributed by atoms with Gasteiger partial charge in [-0.25, -0.2) is 19.1 Å². The summed E-state index contributed by atoms with van der Waals surface area (Å²) in [6.07, 6.45) is 1.09. The standard InChI is InChI=1S/C4H11N3O3S/c1-11(9,10)3-2-6-4(8)7-5/h2-3,5H2,1H3,(H2,6,7,8). The number of hydrogen-bond donors (Lipinski definition) is 3. The highest BCUT2D eigenvalue weighted by molar-refractivity contribution is 7.90. The van der Waals surface area contributed by atoms with E-state index < -0.39 is 15.9 Å². The van der Waals surface area contributed by atoms with Gasteiger partial charge in [0.2, 0.25) is 0 Å². The van der Waals surface area contributed by atoms with Crippen molar-refractivity contribution in [2.24, 2.45) is 5.84 Å². The molecule has 0 fully saturated rings. The Kier molecular flexibility index (Phi) is 3.83. The zero-order valence-electron chi connectivity index (χ0n) is 6.12. The highest BCUT2D eigenvalue weighted by Crippen LogP contribution is 1.78. The second-order valence-electron chi connectivity index (χ2n) is 2.03. The molecule has 0 unspecified atom stereocenters. The second-order valence-corrected chi connectivity index (χ2v) is 4.29. The average molecular weight is 181 g/mol. The molecule has 0 saturated carbocycles. The SMILES string of the molecule is CS(=O)(=O)CCNC(=O)NN.